The van der Waals surface area contributed by atoms with E-state index in [0.717, 1.165) is 19.4 Å². The number of likely N-dealkylation sites (N-methyl/N-ethyl adjacent to an activating group) is 1. The zero-order valence-corrected chi connectivity index (χ0v) is 7.96. The molecule has 0 aromatic heterocycles. The Hall–Kier alpha value is -1.06. The fourth-order valence-corrected chi connectivity index (χ4v) is 2.53. The number of hydrogen-bond acceptors (Lipinski definition) is 2. The van der Waals surface area contributed by atoms with E-state index >= 15 is 0 Å². The molecule has 2 fully saturated rings. The summed E-state index contributed by atoms with van der Waals surface area (Å²) in [5, 5.41) is 2.64. The molecule has 0 bridgehead atoms. The maximum Gasteiger partial charge on any atom is 0.246 e. The van der Waals surface area contributed by atoms with Gasteiger partial charge in [0.15, 0.2) is 0 Å². The van der Waals surface area contributed by atoms with Crippen molar-refractivity contribution in [3.8, 4) is 0 Å². The molecule has 1 N–H and O–H groups in total. The molecule has 2 amide bonds. The molecule has 0 aromatic carbocycles. The minimum absolute atomic E-state index is 0.00481. The number of nitrogens with zero attached hydrogens (tertiary/aromatic N) is 1. The van der Waals surface area contributed by atoms with E-state index in [1.165, 1.54) is 6.92 Å². The first-order valence-corrected chi connectivity index (χ1v) is 4.63. The fourth-order valence-electron chi connectivity index (χ4n) is 2.53. The van der Waals surface area contributed by atoms with Crippen molar-refractivity contribution in [3.05, 3.63) is 0 Å². The van der Waals surface area contributed by atoms with Crippen LogP contribution in [0.2, 0.25) is 0 Å². The summed E-state index contributed by atoms with van der Waals surface area (Å²) in [6.45, 7) is 2.28. The van der Waals surface area contributed by atoms with Crippen LogP contribution in [-0.2, 0) is 9.59 Å². The van der Waals surface area contributed by atoms with Crippen LogP contribution in [0.3, 0.4) is 0 Å². The first-order valence-electron chi connectivity index (χ1n) is 4.63. The predicted molar refractivity (Wildman–Crippen MR) is 46.9 cm³/mol. The molecule has 13 heavy (non-hydrogen) atoms. The molecule has 4 heteroatoms. The summed E-state index contributed by atoms with van der Waals surface area (Å²) in [5.41, 5.74) is -0.458. The van der Waals surface area contributed by atoms with Gasteiger partial charge in [0, 0.05) is 20.5 Å². The number of likely N-dealkylation sites (tertiary alicyclic amines) is 1. The number of carbonyl (C=O) groups excluding carboxylic acids is 2. The average molecular weight is 182 g/mol. The standard InChI is InChI=1S/C9H14N2O2/c1-6(12)11-4-3-7-5-9(7,11)8(13)10-2/h7H,3-5H2,1-2H3,(H,10,13)/t7-,9-/m0/s1. The number of nitrogens with one attached hydrogen (secondary N) is 1. The van der Waals surface area contributed by atoms with Crippen LogP contribution in [0.4, 0.5) is 0 Å². The van der Waals surface area contributed by atoms with Crippen LogP contribution in [0.5, 0.6) is 0 Å². The molecule has 1 saturated carbocycles. The van der Waals surface area contributed by atoms with Gasteiger partial charge in [0.1, 0.15) is 5.54 Å². The Morgan fingerprint density at radius 1 is 1.54 bits per heavy atom. The molecule has 1 saturated heterocycles. The third kappa shape index (κ3) is 0.913. The maximum absolute atomic E-state index is 11.6. The maximum atomic E-state index is 11.6. The molecule has 0 aromatic rings. The molecule has 2 rings (SSSR count). The fraction of sp³-hybridized carbons (Fsp3) is 0.778. The Bertz CT molecular complexity index is 277. The molecule has 2 aliphatic rings. The highest BCUT2D eigenvalue weighted by atomic mass is 16.2. The Kier molecular flexibility index (Phi) is 1.62. The minimum Gasteiger partial charge on any atom is -0.357 e. The minimum atomic E-state index is -0.458. The van der Waals surface area contributed by atoms with Crippen LogP contribution < -0.4 is 5.32 Å². The molecule has 1 aliphatic heterocycles. The summed E-state index contributed by atoms with van der Waals surface area (Å²) in [4.78, 5) is 24.6. The summed E-state index contributed by atoms with van der Waals surface area (Å²) in [6, 6.07) is 0. The lowest BCUT2D eigenvalue weighted by molar-refractivity contribution is -0.139. The van der Waals surface area contributed by atoms with Crippen molar-refractivity contribution < 1.29 is 9.59 Å². The quantitative estimate of drug-likeness (QED) is 0.607. The van der Waals surface area contributed by atoms with E-state index in [1.807, 2.05) is 0 Å². The van der Waals surface area contributed by atoms with Gasteiger partial charge in [0.25, 0.3) is 0 Å². The van der Waals surface area contributed by atoms with Gasteiger partial charge in [-0.05, 0) is 18.8 Å². The smallest absolute Gasteiger partial charge is 0.246 e. The lowest BCUT2D eigenvalue weighted by atomic mass is 10.2. The zero-order chi connectivity index (χ0) is 9.64. The van der Waals surface area contributed by atoms with E-state index in [4.69, 9.17) is 0 Å². The highest BCUT2D eigenvalue weighted by molar-refractivity contribution is 5.95. The largest absolute Gasteiger partial charge is 0.357 e. The third-order valence-corrected chi connectivity index (χ3v) is 3.26. The average Bonchev–Trinajstić information content (AvgIpc) is 2.71. The van der Waals surface area contributed by atoms with Crippen LogP contribution in [0, 0.1) is 5.92 Å². The van der Waals surface area contributed by atoms with Crippen molar-refractivity contribution in [2.45, 2.75) is 25.3 Å². The lowest BCUT2D eigenvalue weighted by Gasteiger charge is -2.25. The second-order valence-corrected chi connectivity index (χ2v) is 3.86. The normalized spacial score (nSPS) is 35.5. The van der Waals surface area contributed by atoms with Crippen molar-refractivity contribution in [1.82, 2.24) is 10.2 Å². The van der Waals surface area contributed by atoms with Crippen LogP contribution >= 0.6 is 0 Å². The number of fused-ring (bicyclic) bond motifs is 1. The molecule has 0 unspecified atom stereocenters. The highest BCUT2D eigenvalue weighted by Crippen LogP contribution is 2.55. The first kappa shape index (κ1) is 8.53. The molecule has 1 heterocycles. The van der Waals surface area contributed by atoms with Gasteiger partial charge in [-0.1, -0.05) is 0 Å². The van der Waals surface area contributed by atoms with Gasteiger partial charge in [-0.25, -0.2) is 0 Å². The van der Waals surface area contributed by atoms with E-state index < -0.39 is 5.54 Å². The Morgan fingerprint density at radius 3 is 2.69 bits per heavy atom. The van der Waals surface area contributed by atoms with E-state index in [9.17, 15) is 9.59 Å². The Morgan fingerprint density at radius 2 is 2.23 bits per heavy atom. The van der Waals surface area contributed by atoms with E-state index in [1.54, 1.807) is 11.9 Å². The van der Waals surface area contributed by atoms with Crippen LogP contribution in [0.15, 0.2) is 0 Å². The van der Waals surface area contributed by atoms with Crippen LogP contribution in [-0.4, -0.2) is 35.8 Å². The van der Waals surface area contributed by atoms with Crippen molar-refractivity contribution >= 4 is 11.8 Å². The molecule has 4 nitrogen and oxygen atoms in total. The molecule has 0 radical (unpaired) electrons. The van der Waals surface area contributed by atoms with Crippen molar-refractivity contribution in [2.75, 3.05) is 13.6 Å². The molecular weight excluding hydrogens is 168 g/mol. The zero-order valence-electron chi connectivity index (χ0n) is 7.96. The van der Waals surface area contributed by atoms with Gasteiger partial charge in [-0.2, -0.15) is 0 Å². The van der Waals surface area contributed by atoms with E-state index in [2.05, 4.69) is 5.32 Å². The lowest BCUT2D eigenvalue weighted by Crippen LogP contribution is -2.48. The molecule has 0 spiro atoms. The van der Waals surface area contributed by atoms with Gasteiger partial charge in [-0.3, -0.25) is 9.59 Å². The number of carbonyl (C=O) groups is 2. The summed E-state index contributed by atoms with van der Waals surface area (Å²) in [5.74, 6) is 0.435. The Balaban J connectivity index is 2.23. The number of piperidine rings is 1. The number of hydrogen-bond donors (Lipinski definition) is 1. The van der Waals surface area contributed by atoms with Gasteiger partial charge >= 0.3 is 0 Å². The summed E-state index contributed by atoms with van der Waals surface area (Å²) in [7, 11) is 1.63. The highest BCUT2D eigenvalue weighted by Gasteiger charge is 2.67. The summed E-state index contributed by atoms with van der Waals surface area (Å²) < 4.78 is 0. The van der Waals surface area contributed by atoms with E-state index in [0.29, 0.717) is 5.92 Å². The van der Waals surface area contributed by atoms with Crippen molar-refractivity contribution in [1.29, 1.82) is 0 Å². The molecule has 2 atom stereocenters. The van der Waals surface area contributed by atoms with Crippen molar-refractivity contribution in [2.24, 2.45) is 5.92 Å². The summed E-state index contributed by atoms with van der Waals surface area (Å²) >= 11 is 0. The second kappa shape index (κ2) is 2.47. The molecule has 1 aliphatic carbocycles. The first-order chi connectivity index (χ1) is 6.13. The topological polar surface area (TPSA) is 49.4 Å². The second-order valence-electron chi connectivity index (χ2n) is 3.86. The van der Waals surface area contributed by atoms with Gasteiger partial charge in [-0.15, -0.1) is 0 Å². The monoisotopic (exact) mass is 182 g/mol. The predicted octanol–water partition coefficient (Wildman–Crippen LogP) is -0.257. The third-order valence-electron chi connectivity index (χ3n) is 3.26. The summed E-state index contributed by atoms with van der Waals surface area (Å²) in [6.07, 6.45) is 1.83. The molecular formula is C9H14N2O2. The number of amides is 2. The Labute approximate surface area is 77.3 Å². The van der Waals surface area contributed by atoms with Gasteiger partial charge in [0.2, 0.25) is 11.8 Å². The van der Waals surface area contributed by atoms with Gasteiger partial charge < -0.3 is 10.2 Å². The SMILES string of the molecule is CNC(=O)[C@]12C[C@@H]1CCN2C(C)=O. The molecule has 72 valence electrons. The van der Waals surface area contributed by atoms with Crippen LogP contribution in [0.25, 0.3) is 0 Å². The van der Waals surface area contributed by atoms with Gasteiger partial charge in [0.05, 0.1) is 0 Å². The number of rotatable bonds is 1. The van der Waals surface area contributed by atoms with Crippen molar-refractivity contribution in [3.63, 3.8) is 0 Å². The van der Waals surface area contributed by atoms with E-state index in [-0.39, 0.29) is 11.8 Å². The van der Waals surface area contributed by atoms with Crippen LogP contribution in [0.1, 0.15) is 19.8 Å².